The Kier molecular flexibility index (Phi) is 2.65. The molecule has 0 amide bonds. The lowest BCUT2D eigenvalue weighted by Crippen LogP contribution is -1.98. The highest BCUT2D eigenvalue weighted by atomic mass is 32.2. The van der Waals surface area contributed by atoms with Gasteiger partial charge in [-0.25, -0.2) is 0 Å². The molecule has 0 fully saturated rings. The fraction of sp³-hybridized carbons (Fsp3) is 0.200. The molecule has 1 aliphatic carbocycles. The van der Waals surface area contributed by atoms with Crippen LogP contribution < -0.4 is 0 Å². The van der Waals surface area contributed by atoms with Gasteiger partial charge in [0.25, 0.3) is 0 Å². The Morgan fingerprint density at radius 1 is 1.00 bits per heavy atom. The first kappa shape index (κ1) is 13.0. The van der Waals surface area contributed by atoms with Gasteiger partial charge in [-0.1, -0.05) is 35.5 Å². The fourth-order valence-corrected chi connectivity index (χ4v) is 6.19. The van der Waals surface area contributed by atoms with Gasteiger partial charge in [-0.3, -0.25) is 0 Å². The lowest BCUT2D eigenvalue weighted by Gasteiger charge is -2.15. The molecule has 0 bridgehead atoms. The van der Waals surface area contributed by atoms with Crippen LogP contribution in [0.5, 0.6) is 0 Å². The maximum absolute atomic E-state index is 2.46. The van der Waals surface area contributed by atoms with E-state index in [1.165, 1.54) is 46.7 Å². The molecular weight excluding hydrogens is 304 g/mol. The quantitative estimate of drug-likeness (QED) is 0.439. The minimum atomic E-state index is 0.597. The summed E-state index contributed by atoms with van der Waals surface area (Å²) >= 11 is 3.92. The van der Waals surface area contributed by atoms with E-state index in [0.717, 1.165) is 6.42 Å². The van der Waals surface area contributed by atoms with Crippen LogP contribution in [0, 0.1) is 6.92 Å². The van der Waals surface area contributed by atoms with E-state index in [-0.39, 0.29) is 0 Å². The Hall–Kier alpha value is -1.51. The van der Waals surface area contributed by atoms with E-state index in [0.29, 0.717) is 5.92 Å². The number of hydrogen-bond acceptors (Lipinski definition) is 2. The summed E-state index contributed by atoms with van der Waals surface area (Å²) in [6, 6.07) is 11.7. The van der Waals surface area contributed by atoms with E-state index in [9.17, 15) is 0 Å². The SMILES string of the molecule is CC1=CCC2C(=C1)Sc1cc3c(cc12)sc1cc(C)ccc13. The van der Waals surface area contributed by atoms with Gasteiger partial charge in [0.1, 0.15) is 0 Å². The first-order chi connectivity index (χ1) is 10.7. The van der Waals surface area contributed by atoms with Crippen LogP contribution in [0.2, 0.25) is 0 Å². The molecule has 1 unspecified atom stereocenters. The number of thioether (sulfide) groups is 1. The lowest BCUT2D eigenvalue weighted by atomic mass is 9.90. The Balaban J connectivity index is 1.76. The van der Waals surface area contributed by atoms with Gasteiger partial charge in [-0.15, -0.1) is 11.3 Å². The van der Waals surface area contributed by atoms with Gasteiger partial charge in [0.2, 0.25) is 0 Å². The standard InChI is InChI=1S/C20H16S2/c1-11-3-5-13-15-9-20-16(10-19(15)21-17(13)7-11)14-6-4-12(2)8-18(14)22-20/h3-5,7-10,14H,6H2,1-2H3. The smallest absolute Gasteiger partial charge is 0.0359 e. The van der Waals surface area contributed by atoms with Crippen LogP contribution in [0.3, 0.4) is 0 Å². The maximum Gasteiger partial charge on any atom is 0.0359 e. The number of aryl methyl sites for hydroxylation is 1. The highest BCUT2D eigenvalue weighted by Gasteiger charge is 2.30. The Morgan fingerprint density at radius 3 is 2.77 bits per heavy atom. The largest absolute Gasteiger partial charge is 0.135 e. The highest BCUT2D eigenvalue weighted by Crippen LogP contribution is 2.54. The molecule has 2 aromatic carbocycles. The molecule has 5 rings (SSSR count). The molecule has 0 spiro atoms. The minimum Gasteiger partial charge on any atom is -0.135 e. The van der Waals surface area contributed by atoms with E-state index in [1.807, 2.05) is 23.1 Å². The molecule has 1 aliphatic heterocycles. The topological polar surface area (TPSA) is 0 Å². The number of hydrogen-bond donors (Lipinski definition) is 0. The second kappa shape index (κ2) is 4.50. The van der Waals surface area contributed by atoms with Gasteiger partial charge >= 0.3 is 0 Å². The Morgan fingerprint density at radius 2 is 1.86 bits per heavy atom. The third-order valence-corrected chi connectivity index (χ3v) is 7.08. The van der Waals surface area contributed by atoms with Gasteiger partial charge in [-0.05, 0) is 60.6 Å². The molecule has 1 aromatic heterocycles. The number of thiophene rings is 1. The van der Waals surface area contributed by atoms with Crippen molar-refractivity contribution in [3.8, 4) is 0 Å². The summed E-state index contributed by atoms with van der Waals surface area (Å²) in [6.07, 6.45) is 5.91. The molecule has 1 atom stereocenters. The Labute approximate surface area is 138 Å². The maximum atomic E-state index is 2.46. The van der Waals surface area contributed by atoms with Crippen LogP contribution in [0.15, 0.2) is 57.9 Å². The third kappa shape index (κ3) is 1.77. The van der Waals surface area contributed by atoms with Gasteiger partial charge in [0.05, 0.1) is 0 Å². The van der Waals surface area contributed by atoms with Crippen LogP contribution in [0.4, 0.5) is 0 Å². The number of benzene rings is 2. The van der Waals surface area contributed by atoms with Gasteiger partial charge in [-0.2, -0.15) is 0 Å². The van der Waals surface area contributed by atoms with E-state index >= 15 is 0 Å². The van der Waals surface area contributed by atoms with Crippen molar-refractivity contribution >= 4 is 43.3 Å². The van der Waals surface area contributed by atoms with Crippen LogP contribution in [-0.4, -0.2) is 0 Å². The van der Waals surface area contributed by atoms with E-state index in [1.54, 1.807) is 0 Å². The van der Waals surface area contributed by atoms with E-state index < -0.39 is 0 Å². The Bertz CT molecular complexity index is 1000. The monoisotopic (exact) mass is 320 g/mol. The second-order valence-corrected chi connectivity index (χ2v) is 8.57. The normalized spacial score (nSPS) is 20.0. The fourth-order valence-electron chi connectivity index (χ4n) is 3.60. The zero-order chi connectivity index (χ0) is 14.8. The summed E-state index contributed by atoms with van der Waals surface area (Å²) in [4.78, 5) is 3.00. The van der Waals surface area contributed by atoms with Crippen LogP contribution in [0.1, 0.15) is 30.4 Å². The van der Waals surface area contributed by atoms with Gasteiger partial charge in [0.15, 0.2) is 0 Å². The first-order valence-electron chi connectivity index (χ1n) is 7.72. The first-order valence-corrected chi connectivity index (χ1v) is 9.35. The average molecular weight is 320 g/mol. The van der Waals surface area contributed by atoms with Crippen molar-refractivity contribution in [3.63, 3.8) is 0 Å². The molecule has 22 heavy (non-hydrogen) atoms. The zero-order valence-electron chi connectivity index (χ0n) is 12.6. The van der Waals surface area contributed by atoms with Crippen molar-refractivity contribution in [2.75, 3.05) is 0 Å². The summed E-state index contributed by atoms with van der Waals surface area (Å²) in [5.74, 6) is 0.597. The van der Waals surface area contributed by atoms with Gasteiger partial charge in [0, 0.05) is 31.0 Å². The molecule has 0 saturated heterocycles. The lowest BCUT2D eigenvalue weighted by molar-refractivity contribution is 0.831. The molecular formula is C20H16S2. The molecule has 108 valence electrons. The molecule has 0 N–H and O–H groups in total. The molecule has 2 heteroatoms. The van der Waals surface area contributed by atoms with Crippen LogP contribution >= 0.6 is 23.1 Å². The van der Waals surface area contributed by atoms with Crippen molar-refractivity contribution in [1.82, 2.24) is 0 Å². The summed E-state index contributed by atoms with van der Waals surface area (Å²) in [5, 5.41) is 2.84. The third-order valence-electron chi connectivity index (χ3n) is 4.75. The van der Waals surface area contributed by atoms with Crippen molar-refractivity contribution in [2.45, 2.75) is 31.1 Å². The van der Waals surface area contributed by atoms with Gasteiger partial charge < -0.3 is 0 Å². The predicted octanol–water partition coefficient (Wildman–Crippen LogP) is 6.79. The van der Waals surface area contributed by atoms with Crippen molar-refractivity contribution in [3.05, 3.63) is 64.1 Å². The van der Waals surface area contributed by atoms with Crippen molar-refractivity contribution in [2.24, 2.45) is 0 Å². The predicted molar refractivity (Wildman–Crippen MR) is 99.1 cm³/mol. The summed E-state index contributed by atoms with van der Waals surface area (Å²) < 4.78 is 2.85. The molecule has 0 radical (unpaired) electrons. The summed E-state index contributed by atoms with van der Waals surface area (Å²) in [5.41, 5.74) is 4.30. The van der Waals surface area contributed by atoms with E-state index in [2.05, 4.69) is 56.3 Å². The molecule has 0 nitrogen and oxygen atoms in total. The highest BCUT2D eigenvalue weighted by molar-refractivity contribution is 8.03. The van der Waals surface area contributed by atoms with Crippen molar-refractivity contribution < 1.29 is 0 Å². The van der Waals surface area contributed by atoms with Crippen molar-refractivity contribution in [1.29, 1.82) is 0 Å². The second-order valence-electron chi connectivity index (χ2n) is 6.37. The average Bonchev–Trinajstić information content (AvgIpc) is 3.00. The summed E-state index contributed by atoms with van der Waals surface area (Å²) in [6.45, 7) is 4.38. The molecule has 0 saturated carbocycles. The zero-order valence-corrected chi connectivity index (χ0v) is 14.3. The minimum absolute atomic E-state index is 0.597. The number of fused-ring (bicyclic) bond motifs is 6. The molecule has 2 aliphatic rings. The molecule has 3 aromatic rings. The molecule has 2 heterocycles. The summed E-state index contributed by atoms with van der Waals surface area (Å²) in [7, 11) is 0. The number of rotatable bonds is 0. The number of allylic oxidation sites excluding steroid dienone is 4. The van der Waals surface area contributed by atoms with Crippen LogP contribution in [-0.2, 0) is 0 Å². The van der Waals surface area contributed by atoms with E-state index in [4.69, 9.17) is 0 Å². The van der Waals surface area contributed by atoms with Crippen LogP contribution in [0.25, 0.3) is 20.2 Å².